The van der Waals surface area contributed by atoms with Gasteiger partial charge in [0.25, 0.3) is 0 Å². The molecule has 0 aromatic heterocycles. The maximum atomic E-state index is 10.8. The van der Waals surface area contributed by atoms with Gasteiger partial charge in [-0.15, -0.1) is 0 Å². The van der Waals surface area contributed by atoms with E-state index in [9.17, 15) is 4.79 Å². The minimum atomic E-state index is -0.647. The van der Waals surface area contributed by atoms with Crippen LogP contribution in [0.1, 0.15) is 53.4 Å². The highest BCUT2D eigenvalue weighted by molar-refractivity contribution is 5.69. The highest BCUT2D eigenvalue weighted by Gasteiger charge is 2.34. The third kappa shape index (κ3) is 3.22. The molecule has 0 amide bonds. The average molecular weight is 212 g/mol. The summed E-state index contributed by atoms with van der Waals surface area (Å²) in [5.74, 6) is 0.557. The molecule has 1 unspecified atom stereocenters. The van der Waals surface area contributed by atoms with Gasteiger partial charge in [0.1, 0.15) is 0 Å². The van der Waals surface area contributed by atoms with Crippen molar-refractivity contribution in [1.29, 1.82) is 0 Å². The zero-order valence-electron chi connectivity index (χ0n) is 10.4. The van der Waals surface area contributed by atoms with Gasteiger partial charge in [-0.05, 0) is 36.5 Å². The van der Waals surface area contributed by atoms with Crippen LogP contribution in [0.25, 0.3) is 0 Å². The monoisotopic (exact) mass is 212 g/mol. The molecule has 0 spiro atoms. The molecule has 0 radical (unpaired) electrons. The molecule has 0 aliphatic heterocycles. The van der Waals surface area contributed by atoms with Crippen molar-refractivity contribution in [2.24, 2.45) is 23.2 Å². The van der Waals surface area contributed by atoms with E-state index in [1.54, 1.807) is 0 Å². The molecule has 0 aromatic rings. The standard InChI is InChI=1S/C13H24O2/c1-9(12(14)15)7-11-6-5-10(2)13(3,4)8-11/h9-11H,5-8H2,1-4H3,(H,14,15)/t9?,10-,11-/m0/s1. The summed E-state index contributed by atoms with van der Waals surface area (Å²) in [7, 11) is 0. The first-order chi connectivity index (χ1) is 6.83. The van der Waals surface area contributed by atoms with Crippen molar-refractivity contribution in [2.75, 3.05) is 0 Å². The number of carboxylic acids is 1. The van der Waals surface area contributed by atoms with E-state index in [1.807, 2.05) is 6.92 Å². The van der Waals surface area contributed by atoms with Crippen LogP contribution in [0, 0.1) is 23.2 Å². The van der Waals surface area contributed by atoms with E-state index < -0.39 is 5.97 Å². The van der Waals surface area contributed by atoms with Gasteiger partial charge in [0.05, 0.1) is 5.92 Å². The molecular formula is C13H24O2. The van der Waals surface area contributed by atoms with Crippen molar-refractivity contribution < 1.29 is 9.90 Å². The van der Waals surface area contributed by atoms with Gasteiger partial charge < -0.3 is 5.11 Å². The first-order valence-electron chi connectivity index (χ1n) is 6.05. The topological polar surface area (TPSA) is 37.3 Å². The van der Waals surface area contributed by atoms with E-state index in [4.69, 9.17) is 5.11 Å². The van der Waals surface area contributed by atoms with Crippen LogP contribution in [0.5, 0.6) is 0 Å². The highest BCUT2D eigenvalue weighted by Crippen LogP contribution is 2.44. The Bertz CT molecular complexity index is 233. The molecule has 15 heavy (non-hydrogen) atoms. The molecule has 1 rings (SSSR count). The van der Waals surface area contributed by atoms with Crippen LogP contribution in [0.15, 0.2) is 0 Å². The summed E-state index contributed by atoms with van der Waals surface area (Å²) in [6.07, 6.45) is 4.50. The predicted molar refractivity (Wildman–Crippen MR) is 61.7 cm³/mol. The molecule has 0 heterocycles. The van der Waals surface area contributed by atoms with Gasteiger partial charge in [-0.25, -0.2) is 0 Å². The van der Waals surface area contributed by atoms with Crippen LogP contribution >= 0.6 is 0 Å². The Balaban J connectivity index is 2.49. The van der Waals surface area contributed by atoms with Crippen molar-refractivity contribution in [1.82, 2.24) is 0 Å². The number of hydrogen-bond donors (Lipinski definition) is 1. The van der Waals surface area contributed by atoms with E-state index in [0.29, 0.717) is 11.3 Å². The lowest BCUT2D eigenvalue weighted by Gasteiger charge is -2.41. The maximum absolute atomic E-state index is 10.8. The van der Waals surface area contributed by atoms with Gasteiger partial charge in [-0.3, -0.25) is 4.79 Å². The second kappa shape index (κ2) is 4.54. The molecule has 0 saturated heterocycles. The number of carbonyl (C=O) groups is 1. The molecule has 1 aliphatic rings. The summed E-state index contributed by atoms with van der Waals surface area (Å²) >= 11 is 0. The van der Waals surface area contributed by atoms with E-state index >= 15 is 0 Å². The summed E-state index contributed by atoms with van der Waals surface area (Å²) in [4.78, 5) is 10.8. The van der Waals surface area contributed by atoms with Crippen molar-refractivity contribution in [3.05, 3.63) is 0 Å². The van der Waals surface area contributed by atoms with E-state index in [2.05, 4.69) is 20.8 Å². The van der Waals surface area contributed by atoms with Gasteiger partial charge >= 0.3 is 5.97 Å². The number of rotatable bonds is 3. The molecule has 1 saturated carbocycles. The molecule has 88 valence electrons. The lowest BCUT2D eigenvalue weighted by Crippen LogP contribution is -2.31. The van der Waals surface area contributed by atoms with Crippen LogP contribution in [-0.2, 0) is 4.79 Å². The largest absolute Gasteiger partial charge is 0.481 e. The second-order valence-electron chi connectivity index (χ2n) is 6.01. The Kier molecular flexibility index (Phi) is 3.80. The minimum Gasteiger partial charge on any atom is -0.481 e. The van der Waals surface area contributed by atoms with Gasteiger partial charge in [0, 0.05) is 0 Å². The lowest BCUT2D eigenvalue weighted by atomic mass is 9.64. The third-order valence-electron chi connectivity index (χ3n) is 4.27. The lowest BCUT2D eigenvalue weighted by molar-refractivity contribution is -0.142. The molecule has 1 aliphatic carbocycles. The average Bonchev–Trinajstić information content (AvgIpc) is 2.10. The molecule has 0 bridgehead atoms. The minimum absolute atomic E-state index is 0.181. The molecule has 2 nitrogen and oxygen atoms in total. The summed E-state index contributed by atoms with van der Waals surface area (Å²) in [5.41, 5.74) is 0.390. The van der Waals surface area contributed by atoms with Gasteiger partial charge in [0.15, 0.2) is 0 Å². The van der Waals surface area contributed by atoms with Gasteiger partial charge in [-0.2, -0.15) is 0 Å². The van der Waals surface area contributed by atoms with E-state index in [1.165, 1.54) is 19.3 Å². The fraction of sp³-hybridized carbons (Fsp3) is 0.923. The number of hydrogen-bond acceptors (Lipinski definition) is 1. The Morgan fingerprint density at radius 3 is 2.53 bits per heavy atom. The molecule has 1 N–H and O–H groups in total. The van der Waals surface area contributed by atoms with Crippen LogP contribution in [-0.4, -0.2) is 11.1 Å². The van der Waals surface area contributed by atoms with Crippen molar-refractivity contribution in [3.8, 4) is 0 Å². The van der Waals surface area contributed by atoms with E-state index in [0.717, 1.165) is 12.3 Å². The van der Waals surface area contributed by atoms with Gasteiger partial charge in [-0.1, -0.05) is 34.1 Å². The summed E-state index contributed by atoms with van der Waals surface area (Å²) < 4.78 is 0. The fourth-order valence-electron chi connectivity index (χ4n) is 2.73. The molecule has 1 fully saturated rings. The van der Waals surface area contributed by atoms with Gasteiger partial charge in [0.2, 0.25) is 0 Å². The molecule has 0 aromatic carbocycles. The Morgan fingerprint density at radius 1 is 1.47 bits per heavy atom. The highest BCUT2D eigenvalue weighted by atomic mass is 16.4. The summed E-state index contributed by atoms with van der Waals surface area (Å²) in [6.45, 7) is 8.77. The summed E-state index contributed by atoms with van der Waals surface area (Å²) in [5, 5.41) is 8.89. The zero-order valence-corrected chi connectivity index (χ0v) is 10.4. The fourth-order valence-corrected chi connectivity index (χ4v) is 2.73. The third-order valence-corrected chi connectivity index (χ3v) is 4.27. The zero-order chi connectivity index (χ0) is 11.6. The van der Waals surface area contributed by atoms with Crippen molar-refractivity contribution >= 4 is 5.97 Å². The Hall–Kier alpha value is -0.530. The second-order valence-corrected chi connectivity index (χ2v) is 6.01. The van der Waals surface area contributed by atoms with Crippen LogP contribution in [0.2, 0.25) is 0 Å². The van der Waals surface area contributed by atoms with Crippen molar-refractivity contribution in [2.45, 2.75) is 53.4 Å². The molecule has 2 heteroatoms. The smallest absolute Gasteiger partial charge is 0.306 e. The van der Waals surface area contributed by atoms with Crippen LogP contribution in [0.3, 0.4) is 0 Å². The van der Waals surface area contributed by atoms with Crippen LogP contribution in [0.4, 0.5) is 0 Å². The normalized spacial score (nSPS) is 32.3. The first-order valence-corrected chi connectivity index (χ1v) is 6.05. The summed E-state index contributed by atoms with van der Waals surface area (Å²) in [6, 6.07) is 0. The quantitative estimate of drug-likeness (QED) is 0.776. The SMILES string of the molecule is CC(C[C@@H]1CC[C@H](C)C(C)(C)C1)C(=O)O. The molecular weight excluding hydrogens is 188 g/mol. The maximum Gasteiger partial charge on any atom is 0.306 e. The number of aliphatic carboxylic acids is 1. The molecule has 3 atom stereocenters. The first kappa shape index (κ1) is 12.5. The van der Waals surface area contributed by atoms with E-state index in [-0.39, 0.29) is 5.92 Å². The Morgan fingerprint density at radius 2 is 2.07 bits per heavy atom. The predicted octanol–water partition coefficient (Wildman–Crippen LogP) is 3.56. The van der Waals surface area contributed by atoms with Crippen molar-refractivity contribution in [3.63, 3.8) is 0 Å². The number of carboxylic acid groups (broad SMARTS) is 1. The Labute approximate surface area is 93.1 Å². The van der Waals surface area contributed by atoms with Crippen LogP contribution < -0.4 is 0 Å².